The van der Waals surface area contributed by atoms with Crippen molar-refractivity contribution in [2.75, 3.05) is 69.0 Å². The maximum atomic E-state index is 5.44. The van der Waals surface area contributed by atoms with Gasteiger partial charge in [-0.1, -0.05) is 12.1 Å². The molecule has 8 heteroatoms. The van der Waals surface area contributed by atoms with Gasteiger partial charge in [0.1, 0.15) is 0 Å². The van der Waals surface area contributed by atoms with Crippen molar-refractivity contribution >= 4 is 23.1 Å². The Morgan fingerprint density at radius 2 is 2.00 bits per heavy atom. The molecule has 1 aliphatic heterocycles. The minimum atomic E-state index is 0.524. The maximum absolute atomic E-state index is 5.44. The minimum Gasteiger partial charge on any atom is -0.378 e. The Morgan fingerprint density at radius 3 is 2.80 bits per heavy atom. The standard InChI is InChI=1S/C17H25N7O/c1-23(2)8-7-18-17-21-16(13-19-22-17)20-14-5-3-4-6-15(14)24-9-11-25-12-10-24/h3-6,13H,7-12H2,1-2H3,(H2,18,20,21,22). The molecule has 3 rings (SSSR count). The second-order valence-corrected chi connectivity index (χ2v) is 6.14. The van der Waals surface area contributed by atoms with E-state index in [9.17, 15) is 0 Å². The highest BCUT2D eigenvalue weighted by molar-refractivity contribution is 5.74. The van der Waals surface area contributed by atoms with Gasteiger partial charge >= 0.3 is 0 Å². The fraction of sp³-hybridized carbons (Fsp3) is 0.471. The summed E-state index contributed by atoms with van der Waals surface area (Å²) in [6.07, 6.45) is 1.63. The molecule has 134 valence electrons. The number of hydrogen-bond donors (Lipinski definition) is 2. The lowest BCUT2D eigenvalue weighted by Crippen LogP contribution is -2.36. The van der Waals surface area contributed by atoms with E-state index in [2.05, 4.69) is 41.7 Å². The molecule has 0 atom stereocenters. The van der Waals surface area contributed by atoms with Crippen molar-refractivity contribution in [3.05, 3.63) is 30.5 Å². The van der Waals surface area contributed by atoms with Gasteiger partial charge in [-0.05, 0) is 26.2 Å². The lowest BCUT2D eigenvalue weighted by molar-refractivity contribution is 0.123. The molecule has 25 heavy (non-hydrogen) atoms. The van der Waals surface area contributed by atoms with Gasteiger partial charge in [-0.15, -0.1) is 5.10 Å². The van der Waals surface area contributed by atoms with Crippen LogP contribution < -0.4 is 15.5 Å². The first-order valence-corrected chi connectivity index (χ1v) is 8.49. The molecule has 0 aliphatic carbocycles. The smallest absolute Gasteiger partial charge is 0.244 e. The van der Waals surface area contributed by atoms with E-state index < -0.39 is 0 Å². The van der Waals surface area contributed by atoms with Crippen molar-refractivity contribution < 1.29 is 4.74 Å². The molecular formula is C17H25N7O. The van der Waals surface area contributed by atoms with Gasteiger partial charge in [0.2, 0.25) is 5.95 Å². The Hall–Kier alpha value is -2.45. The van der Waals surface area contributed by atoms with Crippen molar-refractivity contribution in [2.45, 2.75) is 0 Å². The Morgan fingerprint density at radius 1 is 1.20 bits per heavy atom. The molecule has 1 saturated heterocycles. The van der Waals surface area contributed by atoms with Crippen LogP contribution in [-0.4, -0.2) is 73.6 Å². The molecule has 0 saturated carbocycles. The number of para-hydroxylation sites is 2. The molecular weight excluding hydrogens is 318 g/mol. The molecule has 1 aromatic heterocycles. The van der Waals surface area contributed by atoms with Crippen molar-refractivity contribution in [3.63, 3.8) is 0 Å². The molecule has 0 spiro atoms. The van der Waals surface area contributed by atoms with Crippen LogP contribution in [-0.2, 0) is 4.74 Å². The average Bonchev–Trinajstić information content (AvgIpc) is 2.63. The number of nitrogens with zero attached hydrogens (tertiary/aromatic N) is 5. The Bertz CT molecular complexity index is 674. The summed E-state index contributed by atoms with van der Waals surface area (Å²) in [6.45, 7) is 4.95. The monoisotopic (exact) mass is 343 g/mol. The Labute approximate surface area is 148 Å². The number of rotatable bonds is 7. The van der Waals surface area contributed by atoms with Crippen LogP contribution in [0.2, 0.25) is 0 Å². The topological polar surface area (TPSA) is 78.4 Å². The molecule has 2 N–H and O–H groups in total. The van der Waals surface area contributed by atoms with Gasteiger partial charge in [0, 0.05) is 26.2 Å². The second-order valence-electron chi connectivity index (χ2n) is 6.14. The van der Waals surface area contributed by atoms with Crippen molar-refractivity contribution in [2.24, 2.45) is 0 Å². The quantitative estimate of drug-likeness (QED) is 0.782. The van der Waals surface area contributed by atoms with Crippen LogP contribution in [0, 0.1) is 0 Å². The van der Waals surface area contributed by atoms with E-state index in [1.165, 1.54) is 0 Å². The Balaban J connectivity index is 1.70. The van der Waals surface area contributed by atoms with Gasteiger partial charge in [-0.25, -0.2) is 0 Å². The highest BCUT2D eigenvalue weighted by Gasteiger charge is 2.15. The molecule has 1 aromatic carbocycles. The van der Waals surface area contributed by atoms with E-state index in [0.29, 0.717) is 11.8 Å². The van der Waals surface area contributed by atoms with Gasteiger partial charge in [0.05, 0.1) is 30.8 Å². The first-order chi connectivity index (χ1) is 12.2. The molecule has 0 radical (unpaired) electrons. The number of hydrogen-bond acceptors (Lipinski definition) is 8. The zero-order valence-electron chi connectivity index (χ0n) is 14.8. The van der Waals surface area contributed by atoms with E-state index in [4.69, 9.17) is 4.74 Å². The first-order valence-electron chi connectivity index (χ1n) is 8.49. The summed E-state index contributed by atoms with van der Waals surface area (Å²) in [5.74, 6) is 1.19. The number of nitrogens with one attached hydrogen (secondary N) is 2. The number of likely N-dealkylation sites (N-methyl/N-ethyl adjacent to an activating group) is 1. The van der Waals surface area contributed by atoms with E-state index in [-0.39, 0.29) is 0 Å². The average molecular weight is 343 g/mol. The zero-order valence-corrected chi connectivity index (χ0v) is 14.8. The number of ether oxygens (including phenoxy) is 1. The summed E-state index contributed by atoms with van der Waals surface area (Å²) in [7, 11) is 4.06. The van der Waals surface area contributed by atoms with Crippen LogP contribution in [0.4, 0.5) is 23.1 Å². The van der Waals surface area contributed by atoms with E-state index in [0.717, 1.165) is 50.8 Å². The summed E-state index contributed by atoms with van der Waals surface area (Å²) in [5, 5.41) is 14.6. The summed E-state index contributed by atoms with van der Waals surface area (Å²) < 4.78 is 5.44. The van der Waals surface area contributed by atoms with E-state index in [1.54, 1.807) is 6.20 Å². The normalized spacial score (nSPS) is 14.6. The molecule has 2 heterocycles. The van der Waals surface area contributed by atoms with E-state index in [1.807, 2.05) is 32.3 Å². The minimum absolute atomic E-state index is 0.524. The number of anilines is 4. The van der Waals surface area contributed by atoms with Crippen LogP contribution in [0.3, 0.4) is 0 Å². The third-order valence-corrected chi connectivity index (χ3v) is 3.92. The third kappa shape index (κ3) is 5.01. The Kier molecular flexibility index (Phi) is 5.97. The first kappa shape index (κ1) is 17.4. The SMILES string of the molecule is CN(C)CCNc1nncc(Nc2ccccc2N2CCOCC2)n1. The molecule has 1 aliphatic rings. The van der Waals surface area contributed by atoms with E-state index >= 15 is 0 Å². The molecule has 0 amide bonds. The van der Waals surface area contributed by atoms with Gasteiger partial charge in [0.15, 0.2) is 5.82 Å². The predicted octanol–water partition coefficient (Wildman–Crippen LogP) is 1.43. The second kappa shape index (κ2) is 8.59. The van der Waals surface area contributed by atoms with Crippen molar-refractivity contribution in [1.82, 2.24) is 20.1 Å². The van der Waals surface area contributed by atoms with Gasteiger partial charge in [-0.2, -0.15) is 10.1 Å². The highest BCUT2D eigenvalue weighted by atomic mass is 16.5. The van der Waals surface area contributed by atoms with Gasteiger partial charge in [-0.3, -0.25) is 0 Å². The van der Waals surface area contributed by atoms with Crippen molar-refractivity contribution in [1.29, 1.82) is 0 Å². The lowest BCUT2D eigenvalue weighted by Gasteiger charge is -2.30. The molecule has 1 fully saturated rings. The zero-order chi connectivity index (χ0) is 17.5. The van der Waals surface area contributed by atoms with Crippen molar-refractivity contribution in [3.8, 4) is 0 Å². The van der Waals surface area contributed by atoms with Crippen LogP contribution in [0.15, 0.2) is 30.5 Å². The molecule has 2 aromatic rings. The fourth-order valence-corrected chi connectivity index (χ4v) is 2.63. The number of benzene rings is 1. The lowest BCUT2D eigenvalue weighted by atomic mass is 10.2. The van der Waals surface area contributed by atoms with Crippen LogP contribution in [0.25, 0.3) is 0 Å². The van der Waals surface area contributed by atoms with Crippen LogP contribution >= 0.6 is 0 Å². The van der Waals surface area contributed by atoms with Crippen LogP contribution in [0.1, 0.15) is 0 Å². The number of aromatic nitrogens is 3. The van der Waals surface area contributed by atoms with Gasteiger partial charge < -0.3 is 25.2 Å². The molecule has 0 bridgehead atoms. The highest BCUT2D eigenvalue weighted by Crippen LogP contribution is 2.28. The number of morpholine rings is 1. The summed E-state index contributed by atoms with van der Waals surface area (Å²) in [6, 6.07) is 8.21. The fourth-order valence-electron chi connectivity index (χ4n) is 2.63. The largest absolute Gasteiger partial charge is 0.378 e. The van der Waals surface area contributed by atoms with Crippen LogP contribution in [0.5, 0.6) is 0 Å². The van der Waals surface area contributed by atoms with Gasteiger partial charge in [0.25, 0.3) is 0 Å². The summed E-state index contributed by atoms with van der Waals surface area (Å²) in [5.41, 5.74) is 2.15. The molecule has 8 nitrogen and oxygen atoms in total. The summed E-state index contributed by atoms with van der Waals surface area (Å²) in [4.78, 5) is 8.91. The summed E-state index contributed by atoms with van der Waals surface area (Å²) >= 11 is 0. The molecule has 0 unspecified atom stereocenters. The third-order valence-electron chi connectivity index (χ3n) is 3.92. The maximum Gasteiger partial charge on any atom is 0.244 e. The predicted molar refractivity (Wildman–Crippen MR) is 99.6 cm³/mol.